The Hall–Kier alpha value is -1.87. The lowest BCUT2D eigenvalue weighted by atomic mass is 9.89. The summed E-state index contributed by atoms with van der Waals surface area (Å²) < 4.78 is 0. The van der Waals surface area contributed by atoms with E-state index in [2.05, 4.69) is 11.4 Å². The molecule has 3 N–H and O–H groups in total. The average molecular weight is 256 g/mol. The van der Waals surface area contributed by atoms with Crippen LogP contribution in [-0.2, 0) is 10.3 Å². The molecule has 19 heavy (non-hydrogen) atoms. The highest BCUT2D eigenvalue weighted by Gasteiger charge is 2.33. The molecule has 3 nitrogen and oxygen atoms in total. The topological polar surface area (TPSA) is 55.1 Å². The first kappa shape index (κ1) is 13.6. The Morgan fingerprint density at radius 3 is 2.37 bits per heavy atom. The van der Waals surface area contributed by atoms with Crippen LogP contribution >= 0.6 is 0 Å². The van der Waals surface area contributed by atoms with E-state index in [9.17, 15) is 4.79 Å². The molecule has 0 aliphatic carbocycles. The lowest BCUT2D eigenvalue weighted by molar-refractivity contribution is -0.124. The van der Waals surface area contributed by atoms with Gasteiger partial charge in [-0.15, -0.1) is 0 Å². The van der Waals surface area contributed by atoms with E-state index in [4.69, 9.17) is 5.73 Å². The second-order valence-electron chi connectivity index (χ2n) is 5.35. The normalized spacial score (nSPS) is 14.5. The molecule has 0 heterocycles. The Kier molecular flexibility index (Phi) is 3.58. The lowest BCUT2D eigenvalue weighted by Gasteiger charge is -2.30. The van der Waals surface area contributed by atoms with Crippen LogP contribution < -0.4 is 11.1 Å². The molecular weight excluding hydrogens is 236 g/mol. The molecule has 0 aromatic heterocycles. The van der Waals surface area contributed by atoms with E-state index in [0.29, 0.717) is 0 Å². The van der Waals surface area contributed by atoms with Crippen molar-refractivity contribution < 1.29 is 4.79 Å². The Morgan fingerprint density at radius 2 is 1.79 bits per heavy atom. The molecule has 100 valence electrons. The van der Waals surface area contributed by atoms with Crippen molar-refractivity contribution in [3.8, 4) is 0 Å². The van der Waals surface area contributed by atoms with Gasteiger partial charge in [0.05, 0.1) is 0 Å². The molecule has 2 aromatic rings. The van der Waals surface area contributed by atoms with E-state index < -0.39 is 5.54 Å². The van der Waals surface area contributed by atoms with Crippen LogP contribution in [0.2, 0.25) is 0 Å². The molecule has 0 saturated heterocycles. The molecule has 0 bridgehead atoms. The second kappa shape index (κ2) is 5.02. The predicted octanol–water partition coefficient (Wildman–Crippen LogP) is 2.54. The van der Waals surface area contributed by atoms with Crippen LogP contribution in [0.4, 0.5) is 0 Å². The Balaban J connectivity index is 2.53. The summed E-state index contributed by atoms with van der Waals surface area (Å²) >= 11 is 0. The van der Waals surface area contributed by atoms with E-state index in [1.54, 1.807) is 0 Å². The first-order chi connectivity index (χ1) is 8.93. The third-order valence-electron chi connectivity index (χ3n) is 3.40. The summed E-state index contributed by atoms with van der Waals surface area (Å²) in [5.74, 6) is -0.364. The van der Waals surface area contributed by atoms with Crippen LogP contribution in [0.15, 0.2) is 42.5 Å². The van der Waals surface area contributed by atoms with Gasteiger partial charge in [0.25, 0.3) is 0 Å². The van der Waals surface area contributed by atoms with Crippen molar-refractivity contribution in [3.63, 3.8) is 0 Å². The molecule has 0 radical (unpaired) electrons. The van der Waals surface area contributed by atoms with Crippen molar-refractivity contribution in [2.45, 2.75) is 32.4 Å². The number of nitrogens with one attached hydrogen (secondary N) is 1. The zero-order valence-corrected chi connectivity index (χ0v) is 11.6. The molecule has 1 atom stereocenters. The number of hydrogen-bond donors (Lipinski definition) is 2. The van der Waals surface area contributed by atoms with Crippen LogP contribution in [0.3, 0.4) is 0 Å². The zero-order chi connectivity index (χ0) is 14.0. The Morgan fingerprint density at radius 1 is 1.16 bits per heavy atom. The van der Waals surface area contributed by atoms with Gasteiger partial charge < -0.3 is 5.73 Å². The number of benzene rings is 2. The zero-order valence-electron chi connectivity index (χ0n) is 11.6. The SMILES string of the molecule is CC(C)NC(C)(C(N)=O)c1ccc2ccccc2c1. The number of rotatable bonds is 4. The minimum absolute atomic E-state index is 0.170. The van der Waals surface area contributed by atoms with Gasteiger partial charge in [0.2, 0.25) is 5.91 Å². The second-order valence-corrected chi connectivity index (χ2v) is 5.35. The third-order valence-corrected chi connectivity index (χ3v) is 3.40. The fourth-order valence-corrected chi connectivity index (χ4v) is 2.37. The van der Waals surface area contributed by atoms with Crippen molar-refractivity contribution >= 4 is 16.7 Å². The van der Waals surface area contributed by atoms with Gasteiger partial charge in [0.1, 0.15) is 5.54 Å². The number of amides is 1. The number of hydrogen-bond acceptors (Lipinski definition) is 2. The van der Waals surface area contributed by atoms with E-state index in [1.165, 1.54) is 0 Å². The molecule has 0 fully saturated rings. The first-order valence-electron chi connectivity index (χ1n) is 6.50. The van der Waals surface area contributed by atoms with Crippen LogP contribution in [-0.4, -0.2) is 11.9 Å². The highest BCUT2D eigenvalue weighted by molar-refractivity contribution is 5.89. The van der Waals surface area contributed by atoms with Crippen LogP contribution in [0.1, 0.15) is 26.3 Å². The smallest absolute Gasteiger partial charge is 0.242 e. The van der Waals surface area contributed by atoms with Crippen LogP contribution in [0, 0.1) is 0 Å². The predicted molar refractivity (Wildman–Crippen MR) is 78.8 cm³/mol. The molecule has 2 aromatic carbocycles. The highest BCUT2D eigenvalue weighted by atomic mass is 16.1. The molecule has 2 rings (SSSR count). The van der Waals surface area contributed by atoms with Crippen molar-refractivity contribution in [2.24, 2.45) is 5.73 Å². The molecule has 1 amide bonds. The van der Waals surface area contributed by atoms with Gasteiger partial charge in [-0.2, -0.15) is 0 Å². The molecule has 0 spiro atoms. The molecule has 0 aliphatic heterocycles. The number of nitrogens with two attached hydrogens (primary N) is 1. The summed E-state index contributed by atoms with van der Waals surface area (Å²) in [4.78, 5) is 11.9. The minimum atomic E-state index is -0.849. The Labute approximate surface area is 113 Å². The van der Waals surface area contributed by atoms with Gasteiger partial charge in [0, 0.05) is 6.04 Å². The largest absolute Gasteiger partial charge is 0.368 e. The average Bonchev–Trinajstić information content (AvgIpc) is 2.37. The highest BCUT2D eigenvalue weighted by Crippen LogP contribution is 2.25. The van der Waals surface area contributed by atoms with E-state index >= 15 is 0 Å². The van der Waals surface area contributed by atoms with E-state index in [0.717, 1.165) is 16.3 Å². The summed E-state index contributed by atoms with van der Waals surface area (Å²) in [7, 11) is 0. The lowest BCUT2D eigenvalue weighted by Crippen LogP contribution is -2.52. The standard InChI is InChI=1S/C16H20N2O/c1-11(2)18-16(3,15(17)19)14-9-8-12-6-4-5-7-13(12)10-14/h4-11,18H,1-3H3,(H2,17,19). The molecule has 3 heteroatoms. The molecule has 0 saturated carbocycles. The van der Waals surface area contributed by atoms with Gasteiger partial charge >= 0.3 is 0 Å². The van der Waals surface area contributed by atoms with Crippen molar-refractivity contribution in [1.29, 1.82) is 0 Å². The van der Waals surface area contributed by atoms with Gasteiger partial charge in [-0.3, -0.25) is 10.1 Å². The van der Waals surface area contributed by atoms with Gasteiger partial charge in [-0.1, -0.05) is 36.4 Å². The van der Waals surface area contributed by atoms with Crippen molar-refractivity contribution in [2.75, 3.05) is 0 Å². The Bertz CT molecular complexity index is 606. The number of carbonyl (C=O) groups excluding carboxylic acids is 1. The summed E-state index contributed by atoms with van der Waals surface area (Å²) in [6, 6.07) is 14.3. The number of fused-ring (bicyclic) bond motifs is 1. The van der Waals surface area contributed by atoms with Gasteiger partial charge in [0.15, 0.2) is 0 Å². The maximum Gasteiger partial charge on any atom is 0.242 e. The summed E-state index contributed by atoms with van der Waals surface area (Å²) in [5, 5.41) is 5.53. The third kappa shape index (κ3) is 2.61. The van der Waals surface area contributed by atoms with Crippen LogP contribution in [0.5, 0.6) is 0 Å². The number of carbonyl (C=O) groups is 1. The van der Waals surface area contributed by atoms with E-state index in [1.807, 2.05) is 57.2 Å². The summed E-state index contributed by atoms with van der Waals surface area (Å²) in [5.41, 5.74) is 5.64. The quantitative estimate of drug-likeness (QED) is 0.883. The fraction of sp³-hybridized carbons (Fsp3) is 0.312. The molecular formula is C16H20N2O. The van der Waals surface area contributed by atoms with E-state index in [-0.39, 0.29) is 11.9 Å². The molecule has 0 aliphatic rings. The molecule has 1 unspecified atom stereocenters. The maximum absolute atomic E-state index is 11.9. The van der Waals surface area contributed by atoms with Crippen LogP contribution in [0.25, 0.3) is 10.8 Å². The maximum atomic E-state index is 11.9. The van der Waals surface area contributed by atoms with Gasteiger partial charge in [-0.25, -0.2) is 0 Å². The monoisotopic (exact) mass is 256 g/mol. The van der Waals surface area contributed by atoms with Crippen molar-refractivity contribution in [1.82, 2.24) is 5.32 Å². The number of primary amides is 1. The summed E-state index contributed by atoms with van der Waals surface area (Å²) in [6.45, 7) is 5.84. The van der Waals surface area contributed by atoms with Gasteiger partial charge in [-0.05, 0) is 43.2 Å². The first-order valence-corrected chi connectivity index (χ1v) is 6.50. The minimum Gasteiger partial charge on any atom is -0.368 e. The summed E-state index contributed by atoms with van der Waals surface area (Å²) in [6.07, 6.45) is 0. The fourth-order valence-electron chi connectivity index (χ4n) is 2.37. The van der Waals surface area contributed by atoms with Crippen molar-refractivity contribution in [3.05, 3.63) is 48.0 Å².